The summed E-state index contributed by atoms with van der Waals surface area (Å²) in [5.41, 5.74) is 0.698. The van der Waals surface area contributed by atoms with Gasteiger partial charge in [0.1, 0.15) is 5.75 Å². The summed E-state index contributed by atoms with van der Waals surface area (Å²) in [6, 6.07) is 5.58. The molecule has 1 atom stereocenters. The fraction of sp³-hybridized carbons (Fsp3) is 0.467. The van der Waals surface area contributed by atoms with E-state index in [0.29, 0.717) is 12.4 Å². The SMILES string of the molecule is Cc1cccc(OCC(=O)NC2(C(=O)O)CCOC2)c1C. The Morgan fingerprint density at radius 3 is 2.81 bits per heavy atom. The summed E-state index contributed by atoms with van der Waals surface area (Å²) < 4.78 is 10.6. The van der Waals surface area contributed by atoms with Crippen molar-refractivity contribution in [3.63, 3.8) is 0 Å². The van der Waals surface area contributed by atoms with Crippen molar-refractivity contribution in [1.82, 2.24) is 5.32 Å². The van der Waals surface area contributed by atoms with Crippen molar-refractivity contribution in [2.75, 3.05) is 19.8 Å². The molecule has 0 aliphatic carbocycles. The van der Waals surface area contributed by atoms with Gasteiger partial charge in [0, 0.05) is 13.0 Å². The van der Waals surface area contributed by atoms with E-state index in [-0.39, 0.29) is 19.6 Å². The molecule has 114 valence electrons. The van der Waals surface area contributed by atoms with Crippen molar-refractivity contribution in [3.05, 3.63) is 29.3 Å². The second-order valence-corrected chi connectivity index (χ2v) is 5.22. The molecule has 0 spiro atoms. The number of aliphatic carboxylic acids is 1. The van der Waals surface area contributed by atoms with Gasteiger partial charge >= 0.3 is 5.97 Å². The summed E-state index contributed by atoms with van der Waals surface area (Å²) in [5, 5.41) is 11.8. The van der Waals surface area contributed by atoms with Crippen LogP contribution in [0.2, 0.25) is 0 Å². The summed E-state index contributed by atoms with van der Waals surface area (Å²) in [6.07, 6.45) is 0.261. The van der Waals surface area contributed by atoms with Crippen molar-refractivity contribution in [1.29, 1.82) is 0 Å². The van der Waals surface area contributed by atoms with E-state index in [4.69, 9.17) is 9.47 Å². The van der Waals surface area contributed by atoms with E-state index in [0.717, 1.165) is 11.1 Å². The highest BCUT2D eigenvalue weighted by Crippen LogP contribution is 2.21. The van der Waals surface area contributed by atoms with Gasteiger partial charge in [0.2, 0.25) is 0 Å². The number of ether oxygens (including phenoxy) is 2. The molecule has 1 aromatic carbocycles. The fourth-order valence-corrected chi connectivity index (χ4v) is 2.21. The lowest BCUT2D eigenvalue weighted by molar-refractivity contribution is -0.148. The third-order valence-corrected chi connectivity index (χ3v) is 3.72. The van der Waals surface area contributed by atoms with Crippen molar-refractivity contribution in [2.24, 2.45) is 0 Å². The summed E-state index contributed by atoms with van der Waals surface area (Å²) in [7, 11) is 0. The number of amides is 1. The Kier molecular flexibility index (Phi) is 4.47. The zero-order chi connectivity index (χ0) is 15.5. The smallest absolute Gasteiger partial charge is 0.331 e. The molecule has 1 aliphatic rings. The van der Waals surface area contributed by atoms with Gasteiger partial charge in [-0.2, -0.15) is 0 Å². The number of carboxylic acids is 1. The van der Waals surface area contributed by atoms with Crippen molar-refractivity contribution in [3.8, 4) is 5.75 Å². The van der Waals surface area contributed by atoms with E-state index in [1.807, 2.05) is 26.0 Å². The molecule has 21 heavy (non-hydrogen) atoms. The Labute approximate surface area is 123 Å². The molecule has 0 bridgehead atoms. The lowest BCUT2D eigenvalue weighted by atomic mass is 9.99. The molecule has 1 aliphatic heterocycles. The molecular weight excluding hydrogens is 274 g/mol. The predicted molar refractivity (Wildman–Crippen MR) is 75.4 cm³/mol. The van der Waals surface area contributed by atoms with Crippen molar-refractivity contribution < 1.29 is 24.2 Å². The largest absolute Gasteiger partial charge is 0.483 e. The maximum absolute atomic E-state index is 11.9. The van der Waals surface area contributed by atoms with Crippen LogP contribution in [0.15, 0.2) is 18.2 Å². The second kappa shape index (κ2) is 6.13. The Balaban J connectivity index is 1.96. The van der Waals surface area contributed by atoms with E-state index in [1.54, 1.807) is 6.07 Å². The number of rotatable bonds is 5. The van der Waals surface area contributed by atoms with Gasteiger partial charge in [-0.05, 0) is 31.0 Å². The van der Waals surface area contributed by atoms with Crippen LogP contribution in [0, 0.1) is 13.8 Å². The Morgan fingerprint density at radius 1 is 1.43 bits per heavy atom. The number of nitrogens with one attached hydrogen (secondary N) is 1. The lowest BCUT2D eigenvalue weighted by Crippen LogP contribution is -2.56. The topological polar surface area (TPSA) is 84.9 Å². The Bertz CT molecular complexity index is 549. The van der Waals surface area contributed by atoms with Gasteiger partial charge < -0.3 is 19.9 Å². The maximum atomic E-state index is 11.9. The summed E-state index contributed by atoms with van der Waals surface area (Å²) in [4.78, 5) is 23.2. The molecule has 1 heterocycles. The van der Waals surface area contributed by atoms with Gasteiger partial charge in [0.25, 0.3) is 5.91 Å². The van der Waals surface area contributed by atoms with Crippen LogP contribution in [0.1, 0.15) is 17.5 Å². The minimum absolute atomic E-state index is 0.0163. The van der Waals surface area contributed by atoms with E-state index in [2.05, 4.69) is 5.32 Å². The van der Waals surface area contributed by atoms with E-state index < -0.39 is 17.4 Å². The molecule has 2 rings (SSSR count). The summed E-state index contributed by atoms with van der Waals surface area (Å²) >= 11 is 0. The van der Waals surface area contributed by atoms with Crippen LogP contribution in [0.3, 0.4) is 0 Å². The number of carbonyl (C=O) groups excluding carboxylic acids is 1. The summed E-state index contributed by atoms with van der Waals surface area (Å²) in [6.45, 7) is 3.95. The molecule has 1 fully saturated rings. The first-order valence-electron chi connectivity index (χ1n) is 6.76. The zero-order valence-corrected chi connectivity index (χ0v) is 12.1. The molecule has 2 N–H and O–H groups in total. The van der Waals surface area contributed by atoms with E-state index in [1.165, 1.54) is 0 Å². The minimum atomic E-state index is -1.33. The number of carbonyl (C=O) groups is 2. The van der Waals surface area contributed by atoms with Gasteiger partial charge in [0.15, 0.2) is 12.1 Å². The zero-order valence-electron chi connectivity index (χ0n) is 12.1. The van der Waals surface area contributed by atoms with Crippen molar-refractivity contribution >= 4 is 11.9 Å². The lowest BCUT2D eigenvalue weighted by Gasteiger charge is -2.23. The quantitative estimate of drug-likeness (QED) is 0.847. The van der Waals surface area contributed by atoms with Crippen LogP contribution in [0.25, 0.3) is 0 Å². The minimum Gasteiger partial charge on any atom is -0.483 e. The first kappa shape index (κ1) is 15.3. The van der Waals surface area contributed by atoms with Gasteiger partial charge in [-0.25, -0.2) is 4.79 Å². The van der Waals surface area contributed by atoms with Gasteiger partial charge in [-0.1, -0.05) is 12.1 Å². The Hall–Kier alpha value is -2.08. The normalized spacial score (nSPS) is 21.0. The first-order chi connectivity index (χ1) is 9.94. The maximum Gasteiger partial charge on any atom is 0.331 e. The van der Waals surface area contributed by atoms with E-state index in [9.17, 15) is 14.7 Å². The summed E-state index contributed by atoms with van der Waals surface area (Å²) in [5.74, 6) is -0.930. The number of carboxylic acid groups (broad SMARTS) is 1. The Morgan fingerprint density at radius 2 is 2.19 bits per heavy atom. The molecule has 0 aromatic heterocycles. The van der Waals surface area contributed by atoms with Gasteiger partial charge in [-0.3, -0.25) is 4.79 Å². The molecule has 1 aromatic rings. The van der Waals surface area contributed by atoms with Crippen LogP contribution in [0.5, 0.6) is 5.75 Å². The van der Waals surface area contributed by atoms with Gasteiger partial charge in [-0.15, -0.1) is 0 Å². The molecule has 1 unspecified atom stereocenters. The molecule has 0 radical (unpaired) electrons. The molecule has 0 saturated carbocycles. The van der Waals surface area contributed by atoms with Crippen LogP contribution in [-0.4, -0.2) is 42.3 Å². The predicted octanol–water partition coefficient (Wildman–Crippen LogP) is 1.04. The van der Waals surface area contributed by atoms with Crippen LogP contribution >= 0.6 is 0 Å². The number of aryl methyl sites for hydroxylation is 1. The highest BCUT2D eigenvalue weighted by Gasteiger charge is 2.43. The van der Waals surface area contributed by atoms with Crippen molar-refractivity contribution in [2.45, 2.75) is 25.8 Å². The number of benzene rings is 1. The third-order valence-electron chi connectivity index (χ3n) is 3.72. The highest BCUT2D eigenvalue weighted by atomic mass is 16.5. The van der Waals surface area contributed by atoms with Crippen LogP contribution in [0.4, 0.5) is 0 Å². The van der Waals surface area contributed by atoms with Crippen LogP contribution in [-0.2, 0) is 14.3 Å². The standard InChI is InChI=1S/C15H19NO5/c1-10-4-3-5-12(11(10)2)21-8-13(17)16-15(14(18)19)6-7-20-9-15/h3-5H,6-9H2,1-2H3,(H,16,17)(H,18,19). The number of hydrogen-bond acceptors (Lipinski definition) is 4. The molecular formula is C15H19NO5. The fourth-order valence-electron chi connectivity index (χ4n) is 2.21. The molecule has 6 heteroatoms. The molecule has 1 saturated heterocycles. The third kappa shape index (κ3) is 3.33. The van der Waals surface area contributed by atoms with Crippen LogP contribution < -0.4 is 10.1 Å². The second-order valence-electron chi connectivity index (χ2n) is 5.22. The average Bonchev–Trinajstić information content (AvgIpc) is 2.90. The number of hydrogen-bond donors (Lipinski definition) is 2. The monoisotopic (exact) mass is 293 g/mol. The first-order valence-corrected chi connectivity index (χ1v) is 6.76. The van der Waals surface area contributed by atoms with E-state index >= 15 is 0 Å². The van der Waals surface area contributed by atoms with Gasteiger partial charge in [0.05, 0.1) is 6.61 Å². The average molecular weight is 293 g/mol. The molecule has 6 nitrogen and oxygen atoms in total. The molecule has 1 amide bonds. The highest BCUT2D eigenvalue weighted by molar-refractivity contribution is 5.88.